The topological polar surface area (TPSA) is 21.3 Å². The number of nitrogens with one attached hydrogen (secondary N) is 1. The summed E-state index contributed by atoms with van der Waals surface area (Å²) in [5, 5.41) is 3.58. The van der Waals surface area contributed by atoms with E-state index in [1.165, 1.54) is 38.9 Å². The van der Waals surface area contributed by atoms with Crippen LogP contribution in [0.1, 0.15) is 51.1 Å². The third-order valence-corrected chi connectivity index (χ3v) is 4.49. The third kappa shape index (κ3) is 3.51. The molecule has 0 bridgehead atoms. The summed E-state index contributed by atoms with van der Waals surface area (Å²) in [6.07, 6.45) is 5.09. The first-order chi connectivity index (χ1) is 9.65. The molecule has 0 heterocycles. The van der Waals surface area contributed by atoms with Crippen molar-refractivity contribution in [3.05, 3.63) is 29.6 Å². The van der Waals surface area contributed by atoms with Gasteiger partial charge in [-0.15, -0.1) is 0 Å². The fraction of sp³-hybridized carbons (Fsp3) is 0.647. The van der Waals surface area contributed by atoms with E-state index < -0.39 is 0 Å². The van der Waals surface area contributed by atoms with Crippen molar-refractivity contribution >= 4 is 0 Å². The van der Waals surface area contributed by atoms with Crippen molar-refractivity contribution < 1.29 is 9.13 Å². The van der Waals surface area contributed by atoms with Crippen molar-refractivity contribution in [3.8, 4) is 5.75 Å². The maximum Gasteiger partial charge on any atom is 0.165 e. The molecule has 0 spiro atoms. The highest BCUT2D eigenvalue weighted by atomic mass is 19.1. The van der Waals surface area contributed by atoms with Crippen molar-refractivity contribution in [2.75, 3.05) is 13.7 Å². The lowest BCUT2D eigenvalue weighted by Crippen LogP contribution is -2.30. The van der Waals surface area contributed by atoms with Crippen LogP contribution in [-0.2, 0) is 0 Å². The Labute approximate surface area is 121 Å². The van der Waals surface area contributed by atoms with E-state index in [9.17, 15) is 4.39 Å². The molecule has 1 aromatic rings. The van der Waals surface area contributed by atoms with E-state index >= 15 is 0 Å². The Hall–Kier alpha value is -1.09. The highest BCUT2D eigenvalue weighted by Crippen LogP contribution is 2.37. The number of halogens is 1. The molecule has 3 heteroatoms. The van der Waals surface area contributed by atoms with E-state index in [2.05, 4.69) is 19.2 Å². The fourth-order valence-corrected chi connectivity index (χ4v) is 3.27. The maximum absolute atomic E-state index is 13.6. The van der Waals surface area contributed by atoms with Gasteiger partial charge in [-0.2, -0.15) is 0 Å². The van der Waals surface area contributed by atoms with Gasteiger partial charge in [0.1, 0.15) is 0 Å². The summed E-state index contributed by atoms with van der Waals surface area (Å²) in [5.74, 6) is 1.54. The third-order valence-electron chi connectivity index (χ3n) is 4.49. The normalized spacial score (nSPS) is 24.4. The quantitative estimate of drug-likeness (QED) is 0.867. The van der Waals surface area contributed by atoms with E-state index in [4.69, 9.17) is 4.74 Å². The Morgan fingerprint density at radius 3 is 2.60 bits per heavy atom. The molecule has 1 aromatic carbocycles. The van der Waals surface area contributed by atoms with Crippen LogP contribution in [0.3, 0.4) is 0 Å². The molecule has 1 aliphatic carbocycles. The van der Waals surface area contributed by atoms with Crippen LogP contribution in [0, 0.1) is 17.7 Å². The first-order valence-corrected chi connectivity index (χ1v) is 7.72. The van der Waals surface area contributed by atoms with E-state index in [1.54, 1.807) is 0 Å². The van der Waals surface area contributed by atoms with Crippen LogP contribution < -0.4 is 10.1 Å². The summed E-state index contributed by atoms with van der Waals surface area (Å²) in [7, 11) is 1.52. The van der Waals surface area contributed by atoms with Crippen molar-refractivity contribution in [2.45, 2.75) is 45.6 Å². The van der Waals surface area contributed by atoms with Crippen LogP contribution in [0.5, 0.6) is 5.75 Å². The number of rotatable bonds is 5. The Kier molecular flexibility index (Phi) is 5.41. The molecule has 1 aliphatic rings. The SMILES string of the molecule is CCNC(c1ccc(F)c(OC)c1)C1CCC(C)CC1. The minimum absolute atomic E-state index is 0.288. The predicted molar refractivity (Wildman–Crippen MR) is 80.5 cm³/mol. The summed E-state index contributed by atoms with van der Waals surface area (Å²) in [4.78, 5) is 0. The van der Waals surface area contributed by atoms with Gasteiger partial charge in [0.25, 0.3) is 0 Å². The Bertz CT molecular complexity index is 427. The molecular weight excluding hydrogens is 253 g/mol. The number of hydrogen-bond acceptors (Lipinski definition) is 2. The van der Waals surface area contributed by atoms with Crippen LogP contribution in [0.15, 0.2) is 18.2 Å². The Morgan fingerprint density at radius 2 is 2.00 bits per heavy atom. The monoisotopic (exact) mass is 279 g/mol. The summed E-state index contributed by atoms with van der Waals surface area (Å²) >= 11 is 0. The Balaban J connectivity index is 2.19. The zero-order chi connectivity index (χ0) is 14.5. The molecule has 1 unspecified atom stereocenters. The van der Waals surface area contributed by atoms with E-state index in [1.807, 2.05) is 12.1 Å². The maximum atomic E-state index is 13.6. The van der Waals surface area contributed by atoms with Gasteiger partial charge in [0, 0.05) is 6.04 Å². The average molecular weight is 279 g/mol. The molecule has 0 amide bonds. The summed E-state index contributed by atoms with van der Waals surface area (Å²) in [5.41, 5.74) is 1.14. The van der Waals surface area contributed by atoms with Crippen molar-refractivity contribution in [3.63, 3.8) is 0 Å². The second-order valence-corrected chi connectivity index (χ2v) is 5.95. The van der Waals surface area contributed by atoms with Gasteiger partial charge >= 0.3 is 0 Å². The predicted octanol–water partition coefficient (Wildman–Crippen LogP) is 4.31. The lowest BCUT2D eigenvalue weighted by Gasteiger charge is -2.33. The summed E-state index contributed by atoms with van der Waals surface area (Å²) < 4.78 is 18.7. The van der Waals surface area contributed by atoms with Crippen LogP contribution in [-0.4, -0.2) is 13.7 Å². The Morgan fingerprint density at radius 1 is 1.30 bits per heavy atom. The van der Waals surface area contributed by atoms with Gasteiger partial charge in [-0.25, -0.2) is 4.39 Å². The van der Waals surface area contributed by atoms with Gasteiger partial charge in [0.15, 0.2) is 11.6 Å². The van der Waals surface area contributed by atoms with Crippen molar-refractivity contribution in [1.82, 2.24) is 5.32 Å². The van der Waals surface area contributed by atoms with Crippen LogP contribution in [0.2, 0.25) is 0 Å². The lowest BCUT2D eigenvalue weighted by atomic mass is 9.77. The number of benzene rings is 1. The van der Waals surface area contributed by atoms with Gasteiger partial charge in [-0.3, -0.25) is 0 Å². The molecule has 20 heavy (non-hydrogen) atoms. The van der Waals surface area contributed by atoms with Gasteiger partial charge in [-0.1, -0.05) is 32.8 Å². The molecule has 1 saturated carbocycles. The summed E-state index contributed by atoms with van der Waals surface area (Å²) in [6, 6.07) is 5.57. The molecule has 0 aromatic heterocycles. The first kappa shape index (κ1) is 15.3. The molecule has 1 fully saturated rings. The number of ether oxygens (including phenoxy) is 1. The number of hydrogen-bond donors (Lipinski definition) is 1. The largest absolute Gasteiger partial charge is 0.494 e. The van der Waals surface area contributed by atoms with E-state index in [-0.39, 0.29) is 5.82 Å². The van der Waals surface area contributed by atoms with Crippen LogP contribution in [0.25, 0.3) is 0 Å². The highest BCUT2D eigenvalue weighted by Gasteiger charge is 2.27. The molecular formula is C17H26FNO. The van der Waals surface area contributed by atoms with Gasteiger partial charge in [0.2, 0.25) is 0 Å². The van der Waals surface area contributed by atoms with Gasteiger partial charge < -0.3 is 10.1 Å². The molecule has 2 rings (SSSR count). The van der Waals surface area contributed by atoms with Crippen LogP contribution >= 0.6 is 0 Å². The highest BCUT2D eigenvalue weighted by molar-refractivity contribution is 5.32. The zero-order valence-corrected chi connectivity index (χ0v) is 12.8. The summed E-state index contributed by atoms with van der Waals surface area (Å²) in [6.45, 7) is 5.38. The van der Waals surface area contributed by atoms with E-state index in [0.717, 1.165) is 18.0 Å². The standard InChI is InChI=1S/C17H26FNO/c1-4-19-17(13-7-5-12(2)6-8-13)14-9-10-15(18)16(11-14)20-3/h9-13,17,19H,4-8H2,1-3H3. The smallest absolute Gasteiger partial charge is 0.165 e. The fourth-order valence-electron chi connectivity index (χ4n) is 3.27. The average Bonchev–Trinajstić information content (AvgIpc) is 2.47. The molecule has 0 saturated heterocycles. The molecule has 1 N–H and O–H groups in total. The van der Waals surface area contributed by atoms with Crippen molar-refractivity contribution in [1.29, 1.82) is 0 Å². The van der Waals surface area contributed by atoms with E-state index in [0.29, 0.717) is 17.7 Å². The second-order valence-electron chi connectivity index (χ2n) is 5.95. The second kappa shape index (κ2) is 7.07. The molecule has 0 aliphatic heterocycles. The molecule has 1 atom stereocenters. The number of methoxy groups -OCH3 is 1. The molecule has 2 nitrogen and oxygen atoms in total. The first-order valence-electron chi connectivity index (χ1n) is 7.72. The van der Waals surface area contributed by atoms with Crippen LogP contribution in [0.4, 0.5) is 4.39 Å². The van der Waals surface area contributed by atoms with Gasteiger partial charge in [0.05, 0.1) is 7.11 Å². The van der Waals surface area contributed by atoms with Crippen molar-refractivity contribution in [2.24, 2.45) is 11.8 Å². The lowest BCUT2D eigenvalue weighted by molar-refractivity contribution is 0.232. The molecule has 112 valence electrons. The minimum atomic E-state index is -0.288. The minimum Gasteiger partial charge on any atom is -0.494 e. The van der Waals surface area contributed by atoms with Gasteiger partial charge in [-0.05, 0) is 48.9 Å². The molecule has 0 radical (unpaired) electrons. The zero-order valence-electron chi connectivity index (χ0n) is 12.8.